The molecule has 0 amide bonds. The quantitative estimate of drug-likeness (QED) is 0.874. The van der Waals surface area contributed by atoms with Gasteiger partial charge in [0.25, 0.3) is 5.56 Å². The second-order valence-corrected chi connectivity index (χ2v) is 4.89. The first-order valence-corrected chi connectivity index (χ1v) is 6.82. The lowest BCUT2D eigenvalue weighted by atomic mass is 10.0. The fourth-order valence-corrected chi connectivity index (χ4v) is 1.98. The van der Waals surface area contributed by atoms with Crippen LogP contribution in [-0.2, 0) is 11.2 Å². The van der Waals surface area contributed by atoms with Crippen LogP contribution in [0.15, 0.2) is 29.2 Å². The zero-order valence-electron chi connectivity index (χ0n) is 12.4. The van der Waals surface area contributed by atoms with Gasteiger partial charge in [0.1, 0.15) is 11.4 Å². The van der Waals surface area contributed by atoms with Crippen LogP contribution in [0.3, 0.4) is 0 Å². The topological polar surface area (TPSA) is 72.0 Å². The van der Waals surface area contributed by atoms with Gasteiger partial charge in [-0.1, -0.05) is 18.2 Å². The number of aryl methyl sites for hydroxylation is 2. The summed E-state index contributed by atoms with van der Waals surface area (Å²) in [7, 11) is 0. The largest absolute Gasteiger partial charge is 0.462 e. The summed E-state index contributed by atoms with van der Waals surface area (Å²) in [5, 5.41) is 0. The van der Waals surface area contributed by atoms with Gasteiger partial charge in [-0.2, -0.15) is 0 Å². The minimum atomic E-state index is -0.649. The predicted octanol–water partition coefficient (Wildman–Crippen LogP) is 2.15. The maximum absolute atomic E-state index is 11.9. The van der Waals surface area contributed by atoms with Gasteiger partial charge in [-0.05, 0) is 37.5 Å². The molecule has 0 saturated carbocycles. The number of nitrogens with zero attached hydrogens (tertiary/aromatic N) is 1. The van der Waals surface area contributed by atoms with Crippen LogP contribution in [0.5, 0.6) is 0 Å². The number of rotatable bonds is 4. The smallest absolute Gasteiger partial charge is 0.345 e. The number of benzene rings is 1. The van der Waals surface area contributed by atoms with Crippen molar-refractivity contribution in [3.63, 3.8) is 0 Å². The molecule has 0 aliphatic carbocycles. The standard InChI is InChI=1S/C16H18N2O3/c1-4-21-16(20)13-9-17-14(18-15(13)19)8-12-6-5-10(2)11(3)7-12/h5-7,9H,4,8H2,1-3H3,(H,17,18,19). The zero-order chi connectivity index (χ0) is 15.4. The number of carbonyl (C=O) groups is 1. The monoisotopic (exact) mass is 286 g/mol. The Balaban J connectivity index is 2.22. The number of aromatic amines is 1. The molecule has 110 valence electrons. The van der Waals surface area contributed by atoms with Crippen LogP contribution in [0.4, 0.5) is 0 Å². The Morgan fingerprint density at radius 3 is 2.67 bits per heavy atom. The van der Waals surface area contributed by atoms with E-state index in [0.717, 1.165) is 5.56 Å². The second kappa shape index (κ2) is 6.35. The van der Waals surface area contributed by atoms with Crippen molar-refractivity contribution in [2.24, 2.45) is 0 Å². The van der Waals surface area contributed by atoms with Gasteiger partial charge in [0.2, 0.25) is 0 Å². The van der Waals surface area contributed by atoms with Gasteiger partial charge < -0.3 is 9.72 Å². The van der Waals surface area contributed by atoms with Crippen molar-refractivity contribution in [1.29, 1.82) is 0 Å². The SMILES string of the molecule is CCOC(=O)c1cnc(Cc2ccc(C)c(C)c2)[nH]c1=O. The van der Waals surface area contributed by atoms with Gasteiger partial charge in [-0.15, -0.1) is 0 Å². The van der Waals surface area contributed by atoms with Crippen LogP contribution in [0.2, 0.25) is 0 Å². The summed E-state index contributed by atoms with van der Waals surface area (Å²) < 4.78 is 4.80. The summed E-state index contributed by atoms with van der Waals surface area (Å²) in [5.41, 5.74) is 2.93. The summed E-state index contributed by atoms with van der Waals surface area (Å²) in [6, 6.07) is 6.10. The van der Waals surface area contributed by atoms with Crippen LogP contribution in [0, 0.1) is 13.8 Å². The van der Waals surface area contributed by atoms with Crippen LogP contribution in [0.25, 0.3) is 0 Å². The predicted molar refractivity (Wildman–Crippen MR) is 79.5 cm³/mol. The lowest BCUT2D eigenvalue weighted by Gasteiger charge is -2.06. The Bertz CT molecular complexity index is 720. The van der Waals surface area contributed by atoms with Gasteiger partial charge in [0.15, 0.2) is 0 Å². The molecule has 1 heterocycles. The number of H-pyrrole nitrogens is 1. The van der Waals surface area contributed by atoms with Crippen LogP contribution >= 0.6 is 0 Å². The molecule has 0 aliphatic rings. The maximum atomic E-state index is 11.9. The average Bonchev–Trinajstić information content (AvgIpc) is 2.43. The maximum Gasteiger partial charge on any atom is 0.345 e. The Morgan fingerprint density at radius 1 is 1.29 bits per heavy atom. The fourth-order valence-electron chi connectivity index (χ4n) is 1.98. The summed E-state index contributed by atoms with van der Waals surface area (Å²) in [4.78, 5) is 30.2. The molecule has 2 aromatic rings. The average molecular weight is 286 g/mol. The highest BCUT2D eigenvalue weighted by atomic mass is 16.5. The molecule has 21 heavy (non-hydrogen) atoms. The molecule has 0 radical (unpaired) electrons. The first-order chi connectivity index (χ1) is 10.0. The van der Waals surface area contributed by atoms with Crippen molar-refractivity contribution in [1.82, 2.24) is 9.97 Å². The van der Waals surface area contributed by atoms with Crippen LogP contribution in [-0.4, -0.2) is 22.5 Å². The highest BCUT2D eigenvalue weighted by Gasteiger charge is 2.12. The number of hydrogen-bond donors (Lipinski definition) is 1. The molecule has 0 bridgehead atoms. The van der Waals surface area contributed by atoms with Gasteiger partial charge in [-0.3, -0.25) is 4.79 Å². The van der Waals surface area contributed by atoms with Crippen molar-refractivity contribution >= 4 is 5.97 Å². The molecule has 0 atom stereocenters. The minimum absolute atomic E-state index is 0.0688. The molecule has 0 fully saturated rings. The van der Waals surface area contributed by atoms with E-state index in [2.05, 4.69) is 16.0 Å². The summed E-state index contributed by atoms with van der Waals surface area (Å²) in [6.45, 7) is 6.00. The summed E-state index contributed by atoms with van der Waals surface area (Å²) in [5.74, 6) is -0.125. The van der Waals surface area contributed by atoms with Crippen LogP contribution in [0.1, 0.15) is 39.8 Å². The van der Waals surface area contributed by atoms with Gasteiger partial charge in [0.05, 0.1) is 6.61 Å². The third-order valence-corrected chi connectivity index (χ3v) is 3.29. The number of esters is 1. The molecule has 0 spiro atoms. The van der Waals surface area contributed by atoms with Crippen molar-refractivity contribution in [3.05, 3.63) is 62.8 Å². The number of ether oxygens (including phenoxy) is 1. The fraction of sp³-hybridized carbons (Fsp3) is 0.312. The summed E-state index contributed by atoms with van der Waals surface area (Å²) in [6.07, 6.45) is 1.78. The third kappa shape index (κ3) is 3.56. The first-order valence-electron chi connectivity index (χ1n) is 6.82. The van der Waals surface area contributed by atoms with E-state index in [9.17, 15) is 9.59 Å². The number of hydrogen-bond acceptors (Lipinski definition) is 4. The molecular formula is C16H18N2O3. The van der Waals surface area contributed by atoms with Gasteiger partial charge >= 0.3 is 5.97 Å². The van der Waals surface area contributed by atoms with E-state index in [0.29, 0.717) is 12.2 Å². The van der Waals surface area contributed by atoms with E-state index in [-0.39, 0.29) is 12.2 Å². The van der Waals surface area contributed by atoms with Crippen molar-refractivity contribution in [2.45, 2.75) is 27.2 Å². The van der Waals surface area contributed by atoms with Crippen LogP contribution < -0.4 is 5.56 Å². The third-order valence-electron chi connectivity index (χ3n) is 3.29. The molecule has 5 nitrogen and oxygen atoms in total. The lowest BCUT2D eigenvalue weighted by Crippen LogP contribution is -2.22. The number of nitrogens with one attached hydrogen (secondary N) is 1. The number of aromatic nitrogens is 2. The molecule has 1 N–H and O–H groups in total. The zero-order valence-corrected chi connectivity index (χ0v) is 12.4. The van der Waals surface area contributed by atoms with Crippen molar-refractivity contribution in [2.75, 3.05) is 6.61 Å². The highest BCUT2D eigenvalue weighted by Crippen LogP contribution is 2.12. The first kappa shape index (κ1) is 15.0. The molecular weight excluding hydrogens is 268 g/mol. The molecule has 1 aromatic heterocycles. The Morgan fingerprint density at radius 2 is 2.05 bits per heavy atom. The van der Waals surface area contributed by atoms with Crippen molar-refractivity contribution in [3.8, 4) is 0 Å². The molecule has 0 saturated heterocycles. The molecule has 1 aromatic carbocycles. The van der Waals surface area contributed by atoms with E-state index < -0.39 is 11.5 Å². The van der Waals surface area contributed by atoms with E-state index >= 15 is 0 Å². The van der Waals surface area contributed by atoms with E-state index in [4.69, 9.17) is 4.74 Å². The molecule has 0 unspecified atom stereocenters. The molecule has 0 aliphatic heterocycles. The minimum Gasteiger partial charge on any atom is -0.462 e. The van der Waals surface area contributed by atoms with E-state index in [1.54, 1.807) is 6.92 Å². The van der Waals surface area contributed by atoms with Gasteiger partial charge in [-0.25, -0.2) is 9.78 Å². The Labute approximate surface area is 123 Å². The van der Waals surface area contributed by atoms with E-state index in [1.165, 1.54) is 17.3 Å². The highest BCUT2D eigenvalue weighted by molar-refractivity contribution is 5.88. The Kier molecular flexibility index (Phi) is 4.52. The normalized spacial score (nSPS) is 10.4. The second-order valence-electron chi connectivity index (χ2n) is 4.89. The molecule has 5 heteroatoms. The van der Waals surface area contributed by atoms with E-state index in [1.807, 2.05) is 26.0 Å². The van der Waals surface area contributed by atoms with Gasteiger partial charge in [0, 0.05) is 12.6 Å². The lowest BCUT2D eigenvalue weighted by molar-refractivity contribution is 0.0523. The summed E-state index contributed by atoms with van der Waals surface area (Å²) >= 11 is 0. The van der Waals surface area contributed by atoms with Crippen molar-refractivity contribution < 1.29 is 9.53 Å². The molecule has 2 rings (SSSR count). The Hall–Kier alpha value is -2.43. The number of carbonyl (C=O) groups excluding carboxylic acids is 1.